The van der Waals surface area contributed by atoms with E-state index in [2.05, 4.69) is 10.6 Å². The fourth-order valence-corrected chi connectivity index (χ4v) is 2.35. The van der Waals surface area contributed by atoms with Gasteiger partial charge in [0.1, 0.15) is 0 Å². The lowest BCUT2D eigenvalue weighted by Gasteiger charge is -2.09. The van der Waals surface area contributed by atoms with Crippen molar-refractivity contribution in [1.29, 1.82) is 0 Å². The van der Waals surface area contributed by atoms with Crippen molar-refractivity contribution in [3.63, 3.8) is 0 Å². The van der Waals surface area contributed by atoms with E-state index in [-0.39, 0.29) is 0 Å². The average molecular weight is 351 g/mol. The van der Waals surface area contributed by atoms with E-state index >= 15 is 0 Å². The summed E-state index contributed by atoms with van der Waals surface area (Å²) < 4.78 is 0. The van der Waals surface area contributed by atoms with Gasteiger partial charge in [-0.1, -0.05) is 35.3 Å². The number of benzene rings is 2. The van der Waals surface area contributed by atoms with Gasteiger partial charge in [-0.2, -0.15) is 0 Å². The molecule has 4 nitrogen and oxygen atoms in total. The van der Waals surface area contributed by atoms with E-state index in [0.717, 1.165) is 11.1 Å². The Morgan fingerprint density at radius 2 is 1.61 bits per heavy atom. The fourth-order valence-electron chi connectivity index (χ4n) is 2.00. The molecule has 120 valence electrons. The first-order chi connectivity index (χ1) is 11.0. The molecule has 0 spiro atoms. The van der Waals surface area contributed by atoms with Crippen LogP contribution in [0.3, 0.4) is 0 Å². The van der Waals surface area contributed by atoms with E-state index in [1.807, 2.05) is 12.1 Å². The number of hydrogen-bond acceptors (Lipinski definition) is 2. The van der Waals surface area contributed by atoms with Gasteiger partial charge < -0.3 is 10.6 Å². The van der Waals surface area contributed by atoms with Crippen LogP contribution in [-0.4, -0.2) is 18.4 Å². The third-order valence-corrected chi connectivity index (χ3v) is 3.74. The van der Waals surface area contributed by atoms with Crippen molar-refractivity contribution in [2.45, 2.75) is 13.3 Å². The first-order valence-corrected chi connectivity index (χ1v) is 7.81. The topological polar surface area (TPSA) is 58.2 Å². The Bertz CT molecular complexity index is 715. The van der Waals surface area contributed by atoms with E-state index in [9.17, 15) is 9.59 Å². The molecule has 6 heteroatoms. The van der Waals surface area contributed by atoms with Gasteiger partial charge in [-0.15, -0.1) is 0 Å². The summed E-state index contributed by atoms with van der Waals surface area (Å²) in [4.78, 5) is 23.7. The van der Waals surface area contributed by atoms with Crippen LogP contribution in [-0.2, 0) is 16.0 Å². The van der Waals surface area contributed by atoms with Crippen molar-refractivity contribution in [2.24, 2.45) is 0 Å². The molecule has 0 radical (unpaired) electrons. The number of hydrogen-bond donors (Lipinski definition) is 2. The highest BCUT2D eigenvalue weighted by molar-refractivity contribution is 6.39. The number of halogens is 2. The maximum Gasteiger partial charge on any atom is 0.313 e. The number of carbonyl (C=O) groups excluding carboxylic acids is 2. The number of nitrogens with one attached hydrogen (secondary N) is 2. The van der Waals surface area contributed by atoms with E-state index in [4.69, 9.17) is 23.2 Å². The lowest BCUT2D eigenvalue weighted by atomic mass is 10.1. The predicted molar refractivity (Wildman–Crippen MR) is 93.0 cm³/mol. The van der Waals surface area contributed by atoms with Crippen LogP contribution in [0.15, 0.2) is 42.5 Å². The molecule has 23 heavy (non-hydrogen) atoms. The third-order valence-electron chi connectivity index (χ3n) is 3.26. The zero-order valence-electron chi connectivity index (χ0n) is 12.5. The van der Waals surface area contributed by atoms with Crippen molar-refractivity contribution < 1.29 is 9.59 Å². The van der Waals surface area contributed by atoms with E-state index in [0.29, 0.717) is 28.7 Å². The molecule has 0 aliphatic heterocycles. The molecule has 0 saturated carbocycles. The molecule has 0 aromatic heterocycles. The number of carbonyl (C=O) groups is 2. The largest absolute Gasteiger partial charge is 0.347 e. The smallest absolute Gasteiger partial charge is 0.313 e. The van der Waals surface area contributed by atoms with Crippen LogP contribution >= 0.6 is 23.2 Å². The van der Waals surface area contributed by atoms with Crippen LogP contribution < -0.4 is 10.6 Å². The minimum absolute atomic E-state index is 0.369. The maximum absolute atomic E-state index is 11.9. The van der Waals surface area contributed by atoms with Crippen LogP contribution in [0.1, 0.15) is 11.1 Å². The molecule has 0 bridgehead atoms. The van der Waals surface area contributed by atoms with Crippen LogP contribution in [0.2, 0.25) is 10.0 Å². The van der Waals surface area contributed by atoms with Crippen molar-refractivity contribution in [3.05, 3.63) is 63.6 Å². The van der Waals surface area contributed by atoms with Crippen LogP contribution in [0, 0.1) is 6.92 Å². The SMILES string of the molecule is Cc1cc(Cl)ccc1NC(=O)C(=O)NCCc1ccc(Cl)cc1. The van der Waals surface area contributed by atoms with Gasteiger partial charge in [0.2, 0.25) is 0 Å². The summed E-state index contributed by atoms with van der Waals surface area (Å²) in [6.07, 6.45) is 0.621. The maximum atomic E-state index is 11.9. The quantitative estimate of drug-likeness (QED) is 0.827. The summed E-state index contributed by atoms with van der Waals surface area (Å²) in [6.45, 7) is 2.17. The Morgan fingerprint density at radius 1 is 0.957 bits per heavy atom. The Balaban J connectivity index is 1.83. The minimum Gasteiger partial charge on any atom is -0.347 e. The van der Waals surface area contributed by atoms with Gasteiger partial charge in [-0.3, -0.25) is 9.59 Å². The highest BCUT2D eigenvalue weighted by atomic mass is 35.5. The summed E-state index contributed by atoms with van der Waals surface area (Å²) in [5, 5.41) is 6.39. The second kappa shape index (κ2) is 7.99. The van der Waals surface area contributed by atoms with Crippen molar-refractivity contribution in [3.8, 4) is 0 Å². The lowest BCUT2D eigenvalue weighted by Crippen LogP contribution is -2.36. The van der Waals surface area contributed by atoms with Crippen LogP contribution in [0.5, 0.6) is 0 Å². The van der Waals surface area contributed by atoms with E-state index < -0.39 is 11.8 Å². The monoisotopic (exact) mass is 350 g/mol. The molecule has 0 saturated heterocycles. The molecule has 0 atom stereocenters. The summed E-state index contributed by atoms with van der Waals surface area (Å²) in [7, 11) is 0. The first kappa shape index (κ1) is 17.3. The number of rotatable bonds is 4. The molecular formula is C17H16Cl2N2O2. The van der Waals surface area contributed by atoms with Crippen molar-refractivity contribution in [2.75, 3.05) is 11.9 Å². The van der Waals surface area contributed by atoms with E-state index in [1.165, 1.54) is 0 Å². The molecular weight excluding hydrogens is 335 g/mol. The van der Waals surface area contributed by atoms with Gasteiger partial charge in [0, 0.05) is 22.3 Å². The molecule has 2 aromatic carbocycles. The highest BCUT2D eigenvalue weighted by Crippen LogP contribution is 2.19. The van der Waals surface area contributed by atoms with Gasteiger partial charge in [0.05, 0.1) is 0 Å². The fraction of sp³-hybridized carbons (Fsp3) is 0.176. The van der Waals surface area contributed by atoms with Gasteiger partial charge in [-0.25, -0.2) is 0 Å². The Morgan fingerprint density at radius 3 is 2.26 bits per heavy atom. The molecule has 0 aliphatic carbocycles. The van der Waals surface area contributed by atoms with Gasteiger partial charge in [-0.05, 0) is 54.8 Å². The Labute approximate surface area is 144 Å². The Kier molecular flexibility index (Phi) is 6.02. The molecule has 2 aromatic rings. The van der Waals surface area contributed by atoms with Gasteiger partial charge in [0.25, 0.3) is 0 Å². The summed E-state index contributed by atoms with van der Waals surface area (Å²) in [5.74, 6) is -1.38. The van der Waals surface area contributed by atoms with Gasteiger partial charge in [0.15, 0.2) is 0 Å². The normalized spacial score (nSPS) is 10.2. The van der Waals surface area contributed by atoms with Crippen molar-refractivity contribution >= 4 is 40.7 Å². The first-order valence-electron chi connectivity index (χ1n) is 7.05. The zero-order chi connectivity index (χ0) is 16.8. The lowest BCUT2D eigenvalue weighted by molar-refractivity contribution is -0.136. The molecule has 0 unspecified atom stereocenters. The standard InChI is InChI=1S/C17H16Cl2N2O2/c1-11-10-14(19)6-7-15(11)21-17(23)16(22)20-9-8-12-2-4-13(18)5-3-12/h2-7,10H,8-9H2,1H3,(H,20,22)(H,21,23). The second-order valence-corrected chi connectivity index (χ2v) is 5.92. The van der Waals surface area contributed by atoms with E-state index in [1.54, 1.807) is 37.3 Å². The average Bonchev–Trinajstić information content (AvgIpc) is 2.51. The Hall–Kier alpha value is -2.04. The third kappa shape index (κ3) is 5.27. The van der Waals surface area contributed by atoms with Crippen molar-refractivity contribution in [1.82, 2.24) is 5.32 Å². The number of amides is 2. The molecule has 0 fully saturated rings. The summed E-state index contributed by atoms with van der Waals surface area (Å²) in [5.41, 5.74) is 2.38. The van der Waals surface area contributed by atoms with Gasteiger partial charge >= 0.3 is 11.8 Å². The molecule has 0 aliphatic rings. The van der Waals surface area contributed by atoms with Crippen LogP contribution in [0.25, 0.3) is 0 Å². The highest BCUT2D eigenvalue weighted by Gasteiger charge is 2.14. The number of anilines is 1. The van der Waals surface area contributed by atoms with Crippen LogP contribution in [0.4, 0.5) is 5.69 Å². The number of aryl methyl sites for hydroxylation is 1. The minimum atomic E-state index is -0.702. The molecule has 2 rings (SSSR count). The summed E-state index contributed by atoms with van der Waals surface area (Å²) in [6, 6.07) is 12.4. The molecule has 0 heterocycles. The predicted octanol–water partition coefficient (Wildman–Crippen LogP) is 3.60. The molecule has 2 amide bonds. The second-order valence-electron chi connectivity index (χ2n) is 5.05. The molecule has 2 N–H and O–H groups in total. The zero-order valence-corrected chi connectivity index (χ0v) is 14.0. The summed E-state index contributed by atoms with van der Waals surface area (Å²) >= 11 is 11.7.